The van der Waals surface area contributed by atoms with Gasteiger partial charge in [-0.2, -0.15) is 0 Å². The monoisotopic (exact) mass is 462 g/mol. The average molecular weight is 463 g/mol. The van der Waals surface area contributed by atoms with E-state index >= 15 is 0 Å². The van der Waals surface area contributed by atoms with E-state index < -0.39 is 17.8 Å². The highest BCUT2D eigenvalue weighted by molar-refractivity contribution is 5.17. The molecule has 4 aliphatic rings. The standard InChI is InChI=1S/C29H50O4/c1-17(2)9-8-12-29(7,33)18-10-13-27(5)19-16-22(31)25-26(3,4)23(32)11-14-28(25,6)20(19)15-21(30)24(18)27/h9,18-25,30-33H,8,10-16H2,1-7H3/t18-,19-,20-,21+,22+,23-,24-,25-,27-,28-,29+/m1/s1. The van der Waals surface area contributed by atoms with Crippen LogP contribution in [0.15, 0.2) is 11.6 Å². The van der Waals surface area contributed by atoms with E-state index in [1.165, 1.54) is 5.57 Å². The lowest BCUT2D eigenvalue weighted by Gasteiger charge is -2.67. The first-order chi connectivity index (χ1) is 15.2. The SMILES string of the molecule is CC(C)=CCC[C@](C)(O)[C@@H]1CC[C@@]2(C)[C@H]1[C@@H](O)C[C@@H]1[C@H]2C[C@H](O)[C@@H]2C(C)(C)[C@H](O)CC[C@]12C. The first-order valence-electron chi connectivity index (χ1n) is 13.6. The number of rotatable bonds is 4. The van der Waals surface area contributed by atoms with Gasteiger partial charge in [-0.3, -0.25) is 0 Å². The van der Waals surface area contributed by atoms with Crippen LogP contribution < -0.4 is 0 Å². The minimum Gasteiger partial charge on any atom is -0.393 e. The molecule has 0 heterocycles. The molecule has 4 rings (SSSR count). The summed E-state index contributed by atoms with van der Waals surface area (Å²) in [7, 11) is 0. The minimum atomic E-state index is -0.793. The van der Waals surface area contributed by atoms with Gasteiger partial charge < -0.3 is 20.4 Å². The molecule has 4 saturated carbocycles. The lowest BCUT2D eigenvalue weighted by atomic mass is 9.39. The maximum atomic E-state index is 11.6. The predicted octanol–water partition coefficient (Wildman–Crippen LogP) is 5.08. The number of allylic oxidation sites excluding steroid dienone is 2. The molecular weight excluding hydrogens is 412 g/mol. The van der Waals surface area contributed by atoms with Gasteiger partial charge >= 0.3 is 0 Å². The lowest BCUT2D eigenvalue weighted by Crippen LogP contribution is -2.66. The van der Waals surface area contributed by atoms with Crippen molar-refractivity contribution >= 4 is 0 Å². The zero-order valence-corrected chi connectivity index (χ0v) is 22.1. The van der Waals surface area contributed by atoms with Crippen LogP contribution in [0.1, 0.15) is 99.8 Å². The van der Waals surface area contributed by atoms with Crippen molar-refractivity contribution in [3.63, 3.8) is 0 Å². The van der Waals surface area contributed by atoms with Gasteiger partial charge in [-0.25, -0.2) is 0 Å². The highest BCUT2D eigenvalue weighted by atomic mass is 16.3. The molecule has 33 heavy (non-hydrogen) atoms. The smallest absolute Gasteiger partial charge is 0.0654 e. The summed E-state index contributed by atoms with van der Waals surface area (Å²) in [6.07, 6.45) is 7.74. The molecule has 0 saturated heterocycles. The molecule has 4 aliphatic carbocycles. The van der Waals surface area contributed by atoms with Crippen LogP contribution in [0, 0.1) is 45.8 Å². The van der Waals surface area contributed by atoms with E-state index in [2.05, 4.69) is 47.6 Å². The fourth-order valence-electron chi connectivity index (χ4n) is 9.92. The summed E-state index contributed by atoms with van der Waals surface area (Å²) in [5.41, 5.74) is 0.0144. The fraction of sp³-hybridized carbons (Fsp3) is 0.931. The Labute approximate surface area is 201 Å². The quantitative estimate of drug-likeness (QED) is 0.439. The van der Waals surface area contributed by atoms with Crippen molar-refractivity contribution in [2.45, 2.75) is 124 Å². The second kappa shape index (κ2) is 8.32. The van der Waals surface area contributed by atoms with Crippen LogP contribution in [0.4, 0.5) is 0 Å². The van der Waals surface area contributed by atoms with E-state index in [1.807, 2.05) is 6.92 Å². The van der Waals surface area contributed by atoms with Crippen LogP contribution >= 0.6 is 0 Å². The molecule has 190 valence electrons. The zero-order chi connectivity index (χ0) is 24.6. The number of aliphatic hydroxyl groups excluding tert-OH is 3. The Kier molecular flexibility index (Phi) is 6.47. The largest absolute Gasteiger partial charge is 0.393 e. The van der Waals surface area contributed by atoms with E-state index in [-0.39, 0.29) is 40.1 Å². The Hall–Kier alpha value is -0.420. The third-order valence-electron chi connectivity index (χ3n) is 11.5. The molecule has 0 aliphatic heterocycles. The summed E-state index contributed by atoms with van der Waals surface area (Å²) in [5, 5.41) is 45.5. The van der Waals surface area contributed by atoms with Crippen molar-refractivity contribution in [1.29, 1.82) is 0 Å². The Balaban J connectivity index is 1.64. The van der Waals surface area contributed by atoms with Gasteiger partial charge in [0.1, 0.15) is 0 Å². The molecule has 4 heteroatoms. The maximum Gasteiger partial charge on any atom is 0.0654 e. The van der Waals surface area contributed by atoms with Crippen molar-refractivity contribution in [3.05, 3.63) is 11.6 Å². The molecule has 0 radical (unpaired) electrons. The molecule has 4 fully saturated rings. The summed E-state index contributed by atoms with van der Waals surface area (Å²) in [6.45, 7) is 15.1. The molecule has 0 bridgehead atoms. The molecule has 0 aromatic heterocycles. The van der Waals surface area contributed by atoms with E-state index in [1.54, 1.807) is 0 Å². The normalized spacial score (nSPS) is 50.5. The molecule has 4 nitrogen and oxygen atoms in total. The number of hydrogen-bond acceptors (Lipinski definition) is 4. The van der Waals surface area contributed by atoms with Crippen LogP contribution in [-0.4, -0.2) is 44.3 Å². The molecule has 4 N–H and O–H groups in total. The molecular formula is C29H50O4. The Morgan fingerprint density at radius 2 is 1.48 bits per heavy atom. The number of hydrogen-bond donors (Lipinski definition) is 4. The summed E-state index contributed by atoms with van der Waals surface area (Å²) in [4.78, 5) is 0. The molecule has 0 amide bonds. The molecule has 0 aromatic rings. The lowest BCUT2D eigenvalue weighted by molar-refractivity contribution is -0.241. The number of aliphatic hydroxyl groups is 4. The zero-order valence-electron chi connectivity index (χ0n) is 22.1. The van der Waals surface area contributed by atoms with Crippen molar-refractivity contribution in [2.24, 2.45) is 45.8 Å². The second-order valence-corrected chi connectivity index (χ2v) is 14.0. The first kappa shape index (κ1) is 25.7. The highest BCUT2D eigenvalue weighted by Gasteiger charge is 2.68. The van der Waals surface area contributed by atoms with Gasteiger partial charge in [0.25, 0.3) is 0 Å². The fourth-order valence-corrected chi connectivity index (χ4v) is 9.92. The van der Waals surface area contributed by atoms with Gasteiger partial charge in [-0.15, -0.1) is 0 Å². The number of fused-ring (bicyclic) bond motifs is 5. The van der Waals surface area contributed by atoms with Gasteiger partial charge in [-0.05, 0) is 118 Å². The minimum absolute atomic E-state index is 0.0479. The van der Waals surface area contributed by atoms with E-state index in [9.17, 15) is 20.4 Å². The van der Waals surface area contributed by atoms with Gasteiger partial charge in [0, 0.05) is 0 Å². The molecule has 0 unspecified atom stereocenters. The third-order valence-corrected chi connectivity index (χ3v) is 11.5. The van der Waals surface area contributed by atoms with E-state index in [0.717, 1.165) is 51.4 Å². The first-order valence-corrected chi connectivity index (χ1v) is 13.6. The average Bonchev–Trinajstić information content (AvgIpc) is 3.06. The van der Waals surface area contributed by atoms with Crippen LogP contribution in [0.25, 0.3) is 0 Å². The van der Waals surface area contributed by atoms with Crippen molar-refractivity contribution in [3.8, 4) is 0 Å². The molecule has 11 atom stereocenters. The van der Waals surface area contributed by atoms with Crippen molar-refractivity contribution < 1.29 is 20.4 Å². The van der Waals surface area contributed by atoms with Crippen LogP contribution in [0.5, 0.6) is 0 Å². The molecule has 0 spiro atoms. The van der Waals surface area contributed by atoms with Gasteiger partial charge in [0.05, 0.1) is 23.9 Å². The Bertz CT molecular complexity index is 768. The van der Waals surface area contributed by atoms with E-state index in [4.69, 9.17) is 0 Å². The van der Waals surface area contributed by atoms with Gasteiger partial charge in [-0.1, -0.05) is 39.3 Å². The Morgan fingerprint density at radius 3 is 2.12 bits per heavy atom. The van der Waals surface area contributed by atoms with E-state index in [0.29, 0.717) is 11.8 Å². The molecule has 0 aromatic carbocycles. The van der Waals surface area contributed by atoms with Crippen LogP contribution in [0.2, 0.25) is 0 Å². The van der Waals surface area contributed by atoms with Crippen LogP contribution in [-0.2, 0) is 0 Å². The topological polar surface area (TPSA) is 80.9 Å². The van der Waals surface area contributed by atoms with Crippen molar-refractivity contribution in [2.75, 3.05) is 0 Å². The predicted molar refractivity (Wildman–Crippen MR) is 132 cm³/mol. The van der Waals surface area contributed by atoms with Gasteiger partial charge in [0.15, 0.2) is 0 Å². The third kappa shape index (κ3) is 3.86. The van der Waals surface area contributed by atoms with Gasteiger partial charge in [0.2, 0.25) is 0 Å². The highest BCUT2D eigenvalue weighted by Crippen LogP contribution is 2.71. The van der Waals surface area contributed by atoms with Crippen LogP contribution in [0.3, 0.4) is 0 Å². The Morgan fingerprint density at radius 1 is 0.909 bits per heavy atom. The maximum absolute atomic E-state index is 11.6. The summed E-state index contributed by atoms with van der Waals surface area (Å²) < 4.78 is 0. The second-order valence-electron chi connectivity index (χ2n) is 14.0. The summed E-state index contributed by atoms with van der Waals surface area (Å²) in [5.74, 6) is 0.924. The summed E-state index contributed by atoms with van der Waals surface area (Å²) in [6, 6.07) is 0. The van der Waals surface area contributed by atoms with Crippen molar-refractivity contribution in [1.82, 2.24) is 0 Å². The summed E-state index contributed by atoms with van der Waals surface area (Å²) >= 11 is 0.